The zero-order valence-corrected chi connectivity index (χ0v) is 17.8. The Morgan fingerprint density at radius 1 is 1.28 bits per heavy atom. The summed E-state index contributed by atoms with van der Waals surface area (Å²) in [6.45, 7) is 9.89. The van der Waals surface area contributed by atoms with Gasteiger partial charge in [-0.1, -0.05) is 32.9 Å². The first-order valence-corrected chi connectivity index (χ1v) is 10.6. The highest BCUT2D eigenvalue weighted by Crippen LogP contribution is 2.52. The van der Waals surface area contributed by atoms with Crippen molar-refractivity contribution in [2.75, 3.05) is 0 Å². The number of allylic oxidation sites excluding steroid dienone is 2. The van der Waals surface area contributed by atoms with Crippen LogP contribution in [0.4, 0.5) is 0 Å². The van der Waals surface area contributed by atoms with Gasteiger partial charge in [0.2, 0.25) is 5.78 Å². The Balaban J connectivity index is 1.76. The van der Waals surface area contributed by atoms with Crippen LogP contribution in [-0.4, -0.2) is 28.6 Å². The molecule has 0 amide bonds. The van der Waals surface area contributed by atoms with Gasteiger partial charge in [-0.25, -0.2) is 0 Å². The number of rotatable bonds is 4. The predicted molar refractivity (Wildman–Crippen MR) is 109 cm³/mol. The number of ether oxygens (including phenoxy) is 2. The van der Waals surface area contributed by atoms with E-state index < -0.39 is 17.7 Å². The lowest BCUT2D eigenvalue weighted by Crippen LogP contribution is -2.58. The number of ketones is 2. The topological polar surface area (TPSA) is 72.8 Å². The van der Waals surface area contributed by atoms with E-state index in [1.807, 2.05) is 33.8 Å². The summed E-state index contributed by atoms with van der Waals surface area (Å²) in [5, 5.41) is 11.5. The minimum absolute atomic E-state index is 0.0664. The summed E-state index contributed by atoms with van der Waals surface area (Å²) in [5.41, 5.74) is 2.12. The number of aliphatic hydroxyl groups is 1. The molecule has 156 valence electrons. The highest BCUT2D eigenvalue weighted by atomic mass is 16.7. The second-order valence-corrected chi connectivity index (χ2v) is 9.39. The lowest BCUT2D eigenvalue weighted by Gasteiger charge is -2.43. The minimum atomic E-state index is -2.11. The van der Waals surface area contributed by atoms with Gasteiger partial charge < -0.3 is 14.6 Å². The SMILES string of the molecule is CC1=C(C(=O)CC(C)C)O[C@@H]([C@@]2(O)Oc3cccc(C)c3C2=O)[C@H]2[C@@H]1CC[C@@H]2C. The summed E-state index contributed by atoms with van der Waals surface area (Å²) in [6.07, 6.45) is 1.36. The van der Waals surface area contributed by atoms with E-state index in [0.29, 0.717) is 23.5 Å². The fourth-order valence-corrected chi connectivity index (χ4v) is 5.39. The van der Waals surface area contributed by atoms with Gasteiger partial charge in [-0.05, 0) is 61.6 Å². The molecule has 4 rings (SSSR count). The van der Waals surface area contributed by atoms with Gasteiger partial charge in [0.15, 0.2) is 17.6 Å². The van der Waals surface area contributed by atoms with E-state index in [4.69, 9.17) is 9.47 Å². The van der Waals surface area contributed by atoms with Crippen LogP contribution in [0.3, 0.4) is 0 Å². The molecule has 0 spiro atoms. The third-order valence-corrected chi connectivity index (χ3v) is 6.85. The highest BCUT2D eigenvalue weighted by Gasteiger charge is 2.62. The largest absolute Gasteiger partial charge is 0.479 e. The second kappa shape index (κ2) is 6.98. The van der Waals surface area contributed by atoms with Crippen LogP contribution in [0.5, 0.6) is 5.75 Å². The molecule has 1 fully saturated rings. The quantitative estimate of drug-likeness (QED) is 0.823. The minimum Gasteiger partial charge on any atom is -0.479 e. The lowest BCUT2D eigenvalue weighted by molar-refractivity contribution is -0.198. The van der Waals surface area contributed by atoms with Crippen molar-refractivity contribution in [3.05, 3.63) is 40.7 Å². The Kier molecular flexibility index (Phi) is 4.85. The van der Waals surface area contributed by atoms with Crippen molar-refractivity contribution in [3.63, 3.8) is 0 Å². The summed E-state index contributed by atoms with van der Waals surface area (Å²) in [4.78, 5) is 26.2. The molecule has 0 radical (unpaired) electrons. The van der Waals surface area contributed by atoms with Gasteiger partial charge in [0.1, 0.15) is 5.75 Å². The van der Waals surface area contributed by atoms with E-state index in [1.165, 1.54) is 0 Å². The zero-order chi connectivity index (χ0) is 21.1. The van der Waals surface area contributed by atoms with Gasteiger partial charge >= 0.3 is 5.79 Å². The Morgan fingerprint density at radius 2 is 2.00 bits per heavy atom. The monoisotopic (exact) mass is 398 g/mol. The molecule has 1 saturated carbocycles. The first-order chi connectivity index (χ1) is 13.6. The number of carbonyl (C=O) groups is 2. The van der Waals surface area contributed by atoms with Crippen LogP contribution in [0, 0.1) is 30.6 Å². The van der Waals surface area contributed by atoms with E-state index in [-0.39, 0.29) is 29.5 Å². The molecular weight excluding hydrogens is 368 g/mol. The normalized spacial score (nSPS) is 33.4. The second-order valence-electron chi connectivity index (χ2n) is 9.39. The van der Waals surface area contributed by atoms with E-state index in [9.17, 15) is 14.7 Å². The van der Waals surface area contributed by atoms with Crippen LogP contribution in [0.15, 0.2) is 29.5 Å². The summed E-state index contributed by atoms with van der Waals surface area (Å²) >= 11 is 0. The molecule has 1 aliphatic carbocycles. The molecule has 1 aromatic rings. The van der Waals surface area contributed by atoms with Crippen molar-refractivity contribution < 1.29 is 24.2 Å². The Bertz CT molecular complexity index is 899. The smallest absolute Gasteiger partial charge is 0.311 e. The first kappa shape index (κ1) is 20.1. The van der Waals surface area contributed by atoms with E-state index >= 15 is 0 Å². The molecule has 5 heteroatoms. The number of hydrogen-bond donors (Lipinski definition) is 1. The summed E-state index contributed by atoms with van der Waals surface area (Å²) < 4.78 is 12.1. The Hall–Kier alpha value is -2.14. The number of fused-ring (bicyclic) bond motifs is 2. The Morgan fingerprint density at radius 3 is 2.66 bits per heavy atom. The van der Waals surface area contributed by atoms with Crippen LogP contribution in [-0.2, 0) is 9.53 Å². The van der Waals surface area contributed by atoms with Crippen molar-refractivity contribution in [2.24, 2.45) is 23.7 Å². The maximum atomic E-state index is 13.3. The van der Waals surface area contributed by atoms with Crippen molar-refractivity contribution in [3.8, 4) is 5.75 Å². The highest BCUT2D eigenvalue weighted by molar-refractivity contribution is 6.08. The molecule has 2 aliphatic heterocycles. The fourth-order valence-electron chi connectivity index (χ4n) is 5.39. The van der Waals surface area contributed by atoms with Crippen LogP contribution in [0.25, 0.3) is 0 Å². The van der Waals surface area contributed by atoms with Crippen LogP contribution >= 0.6 is 0 Å². The molecule has 1 aromatic carbocycles. The van der Waals surface area contributed by atoms with Crippen LogP contribution < -0.4 is 4.74 Å². The lowest BCUT2D eigenvalue weighted by atomic mass is 9.75. The van der Waals surface area contributed by atoms with Crippen molar-refractivity contribution in [2.45, 2.75) is 65.8 Å². The molecule has 1 N–H and O–H groups in total. The number of hydrogen-bond acceptors (Lipinski definition) is 5. The molecule has 0 aromatic heterocycles. The maximum absolute atomic E-state index is 13.3. The standard InChI is InChI=1S/C24H30O5/c1-12(2)11-17(25)21-15(5)16-10-9-14(4)19(16)23(28-21)24(27)22(26)20-13(3)7-6-8-18(20)29-24/h6-8,12,14,16,19,23,27H,9-11H2,1-5H3/t14-,16+,19+,23+,24-/m0/s1. The summed E-state index contributed by atoms with van der Waals surface area (Å²) in [5.74, 6) is -1.46. The summed E-state index contributed by atoms with van der Waals surface area (Å²) in [7, 11) is 0. The average Bonchev–Trinajstić information content (AvgIpc) is 3.15. The zero-order valence-electron chi connectivity index (χ0n) is 17.8. The third kappa shape index (κ3) is 3.02. The van der Waals surface area contributed by atoms with Crippen LogP contribution in [0.2, 0.25) is 0 Å². The maximum Gasteiger partial charge on any atom is 0.311 e. The van der Waals surface area contributed by atoms with Gasteiger partial charge in [0, 0.05) is 12.3 Å². The van der Waals surface area contributed by atoms with E-state index in [1.54, 1.807) is 12.1 Å². The van der Waals surface area contributed by atoms with E-state index in [0.717, 1.165) is 24.0 Å². The molecule has 5 nitrogen and oxygen atoms in total. The molecular formula is C24H30O5. The molecule has 0 unspecified atom stereocenters. The molecule has 0 saturated heterocycles. The van der Waals surface area contributed by atoms with Gasteiger partial charge in [-0.3, -0.25) is 9.59 Å². The average molecular weight is 398 g/mol. The molecule has 5 atom stereocenters. The first-order valence-electron chi connectivity index (χ1n) is 10.6. The van der Waals surface area contributed by atoms with Crippen molar-refractivity contribution in [1.29, 1.82) is 0 Å². The number of Topliss-reactive ketones (excluding diaryl/α,β-unsaturated/α-hetero) is 2. The Labute approximate surface area is 172 Å². The van der Waals surface area contributed by atoms with Gasteiger partial charge in [0.25, 0.3) is 0 Å². The molecule has 2 heterocycles. The number of carbonyl (C=O) groups excluding carboxylic acids is 2. The van der Waals surface area contributed by atoms with Gasteiger partial charge in [-0.15, -0.1) is 0 Å². The van der Waals surface area contributed by atoms with Gasteiger partial charge in [0.05, 0.1) is 5.56 Å². The number of benzene rings is 1. The van der Waals surface area contributed by atoms with Crippen molar-refractivity contribution >= 4 is 11.6 Å². The molecule has 3 aliphatic rings. The number of aryl methyl sites for hydroxylation is 1. The third-order valence-electron chi connectivity index (χ3n) is 6.85. The van der Waals surface area contributed by atoms with Crippen molar-refractivity contribution in [1.82, 2.24) is 0 Å². The molecule has 0 bridgehead atoms. The fraction of sp³-hybridized carbons (Fsp3) is 0.583. The van der Waals surface area contributed by atoms with E-state index in [2.05, 4.69) is 6.92 Å². The van der Waals surface area contributed by atoms with Crippen LogP contribution in [0.1, 0.15) is 62.9 Å². The summed E-state index contributed by atoms with van der Waals surface area (Å²) in [6, 6.07) is 5.33. The predicted octanol–water partition coefficient (Wildman–Crippen LogP) is 4.21. The van der Waals surface area contributed by atoms with Gasteiger partial charge in [-0.2, -0.15) is 0 Å². The molecule has 29 heavy (non-hydrogen) atoms.